The fourth-order valence-electron chi connectivity index (χ4n) is 6.54. The monoisotopic (exact) mass is 567 g/mol. The number of para-hydroxylation sites is 1. The largest absolute Gasteiger partial charge is 0.456 e. The van der Waals surface area contributed by atoms with Crippen LogP contribution in [0.1, 0.15) is 0 Å². The minimum Gasteiger partial charge on any atom is -0.456 e. The number of thiophene rings is 1. The van der Waals surface area contributed by atoms with Crippen molar-refractivity contribution in [3.05, 3.63) is 152 Å². The van der Waals surface area contributed by atoms with Gasteiger partial charge < -0.3 is 9.32 Å². The number of benzene rings is 7. The highest BCUT2D eigenvalue weighted by atomic mass is 32.1. The minimum absolute atomic E-state index is 0.891. The fraction of sp³-hybridized carbons (Fsp3) is 0. The molecule has 0 amide bonds. The smallest absolute Gasteiger partial charge is 0.136 e. The molecule has 0 unspecified atom stereocenters. The van der Waals surface area contributed by atoms with E-state index in [1.165, 1.54) is 47.8 Å². The Balaban J connectivity index is 1.32. The van der Waals surface area contributed by atoms with Gasteiger partial charge in [0.1, 0.15) is 11.2 Å². The third-order valence-electron chi connectivity index (χ3n) is 8.44. The normalized spacial score (nSPS) is 11.7. The number of fused-ring (bicyclic) bond motifs is 8. The van der Waals surface area contributed by atoms with E-state index in [-0.39, 0.29) is 0 Å². The lowest BCUT2D eigenvalue weighted by Gasteiger charge is -2.26. The number of nitrogens with zero attached hydrogens (tertiary/aromatic N) is 1. The lowest BCUT2D eigenvalue weighted by atomic mass is 9.95. The van der Waals surface area contributed by atoms with Crippen LogP contribution < -0.4 is 4.90 Å². The molecule has 0 N–H and O–H groups in total. The van der Waals surface area contributed by atoms with E-state index in [1.807, 2.05) is 11.3 Å². The molecule has 2 aromatic heterocycles. The molecule has 3 heteroatoms. The quantitative estimate of drug-likeness (QED) is 0.210. The maximum absolute atomic E-state index is 6.56. The van der Waals surface area contributed by atoms with Crippen molar-refractivity contribution in [2.75, 3.05) is 4.90 Å². The summed E-state index contributed by atoms with van der Waals surface area (Å²) in [6, 6.07) is 54.1. The molecule has 43 heavy (non-hydrogen) atoms. The molecule has 0 bridgehead atoms. The summed E-state index contributed by atoms with van der Waals surface area (Å²) in [4.78, 5) is 2.39. The summed E-state index contributed by atoms with van der Waals surface area (Å²) < 4.78 is 9.14. The molecule has 9 aromatic rings. The van der Waals surface area contributed by atoms with E-state index in [4.69, 9.17) is 4.42 Å². The summed E-state index contributed by atoms with van der Waals surface area (Å²) in [5.74, 6) is 0. The molecular formula is C40H25NOS. The Kier molecular flexibility index (Phi) is 5.40. The van der Waals surface area contributed by atoms with Crippen molar-refractivity contribution in [3.8, 4) is 11.1 Å². The van der Waals surface area contributed by atoms with E-state index < -0.39 is 0 Å². The second-order valence-electron chi connectivity index (χ2n) is 10.9. The van der Waals surface area contributed by atoms with Gasteiger partial charge in [0.25, 0.3) is 0 Å². The molecule has 202 valence electrons. The van der Waals surface area contributed by atoms with Crippen molar-refractivity contribution < 1.29 is 4.42 Å². The molecule has 0 atom stereocenters. The van der Waals surface area contributed by atoms with Crippen LogP contribution in [0, 0.1) is 0 Å². The summed E-state index contributed by atoms with van der Waals surface area (Å²) >= 11 is 1.85. The summed E-state index contributed by atoms with van der Waals surface area (Å²) in [6.45, 7) is 0. The fourth-order valence-corrected chi connectivity index (χ4v) is 7.74. The first kappa shape index (κ1) is 24.2. The second kappa shape index (κ2) is 9.59. The first-order chi connectivity index (χ1) is 21.3. The molecule has 0 aliphatic heterocycles. The van der Waals surface area contributed by atoms with Gasteiger partial charge in [0, 0.05) is 37.6 Å². The van der Waals surface area contributed by atoms with Crippen LogP contribution in [0.4, 0.5) is 17.1 Å². The van der Waals surface area contributed by atoms with Crippen LogP contribution in [0.2, 0.25) is 0 Å². The molecule has 0 saturated heterocycles. The molecular weight excluding hydrogens is 543 g/mol. The molecule has 0 spiro atoms. The Morgan fingerprint density at radius 3 is 2.00 bits per heavy atom. The average Bonchev–Trinajstić information content (AvgIpc) is 3.64. The van der Waals surface area contributed by atoms with Crippen molar-refractivity contribution in [3.63, 3.8) is 0 Å². The molecule has 0 radical (unpaired) electrons. The van der Waals surface area contributed by atoms with E-state index in [9.17, 15) is 0 Å². The predicted octanol–water partition coefficient (Wildman–Crippen LogP) is 12.2. The van der Waals surface area contributed by atoms with Crippen LogP contribution >= 0.6 is 11.3 Å². The van der Waals surface area contributed by atoms with Gasteiger partial charge in [-0.2, -0.15) is 0 Å². The molecule has 0 aliphatic rings. The van der Waals surface area contributed by atoms with Gasteiger partial charge in [0.05, 0.1) is 10.4 Å². The zero-order chi connectivity index (χ0) is 28.3. The average molecular weight is 568 g/mol. The SMILES string of the molecule is c1ccc(-c2cc3oc4ccc(N(c5ccccc5)c5cccc6c5sc5ccccc56)cc4c3c3ccccc23)cc1. The van der Waals surface area contributed by atoms with Crippen molar-refractivity contribution in [2.24, 2.45) is 0 Å². The van der Waals surface area contributed by atoms with Gasteiger partial charge in [-0.3, -0.25) is 0 Å². The molecule has 9 rings (SSSR count). The topological polar surface area (TPSA) is 16.4 Å². The zero-order valence-electron chi connectivity index (χ0n) is 23.2. The number of rotatable bonds is 4. The van der Waals surface area contributed by atoms with Gasteiger partial charge in [-0.15, -0.1) is 11.3 Å². The highest BCUT2D eigenvalue weighted by molar-refractivity contribution is 7.26. The molecule has 2 heterocycles. The lowest BCUT2D eigenvalue weighted by Crippen LogP contribution is -2.09. The minimum atomic E-state index is 0.891. The van der Waals surface area contributed by atoms with Gasteiger partial charge in [-0.05, 0) is 70.4 Å². The lowest BCUT2D eigenvalue weighted by molar-refractivity contribution is 0.669. The Bertz CT molecular complexity index is 2460. The second-order valence-corrected chi connectivity index (χ2v) is 12.0. The maximum Gasteiger partial charge on any atom is 0.136 e. The predicted molar refractivity (Wildman–Crippen MR) is 184 cm³/mol. The van der Waals surface area contributed by atoms with Crippen molar-refractivity contribution >= 4 is 81.3 Å². The molecule has 7 aromatic carbocycles. The van der Waals surface area contributed by atoms with Crippen LogP contribution in [-0.2, 0) is 0 Å². The van der Waals surface area contributed by atoms with Crippen molar-refractivity contribution in [1.29, 1.82) is 0 Å². The van der Waals surface area contributed by atoms with Crippen LogP contribution in [0.3, 0.4) is 0 Å². The third kappa shape index (κ3) is 3.79. The van der Waals surface area contributed by atoms with E-state index in [2.05, 4.69) is 157 Å². The Labute approximate surface area is 252 Å². The summed E-state index contributed by atoms with van der Waals surface area (Å²) in [5, 5.41) is 7.28. The van der Waals surface area contributed by atoms with Gasteiger partial charge in [-0.25, -0.2) is 0 Å². The van der Waals surface area contributed by atoms with E-state index >= 15 is 0 Å². The van der Waals surface area contributed by atoms with E-state index in [0.29, 0.717) is 0 Å². The zero-order valence-corrected chi connectivity index (χ0v) is 24.0. The van der Waals surface area contributed by atoms with Crippen LogP contribution in [0.5, 0.6) is 0 Å². The first-order valence-electron chi connectivity index (χ1n) is 14.5. The van der Waals surface area contributed by atoms with E-state index in [1.54, 1.807) is 0 Å². The molecule has 2 nitrogen and oxygen atoms in total. The van der Waals surface area contributed by atoms with Crippen molar-refractivity contribution in [1.82, 2.24) is 0 Å². The van der Waals surface area contributed by atoms with Crippen LogP contribution in [0.15, 0.2) is 156 Å². The highest BCUT2D eigenvalue weighted by Crippen LogP contribution is 2.46. The maximum atomic E-state index is 6.56. The van der Waals surface area contributed by atoms with Gasteiger partial charge in [0.2, 0.25) is 0 Å². The van der Waals surface area contributed by atoms with Gasteiger partial charge >= 0.3 is 0 Å². The summed E-state index contributed by atoms with van der Waals surface area (Å²) in [6.07, 6.45) is 0. The molecule has 0 aliphatic carbocycles. The third-order valence-corrected chi connectivity index (χ3v) is 9.65. The Morgan fingerprint density at radius 2 is 1.16 bits per heavy atom. The number of hydrogen-bond donors (Lipinski definition) is 0. The number of furan rings is 1. The standard InChI is InChI=1S/C40H25NOS/c1-3-12-26(13-4-1)33-25-37-39(31-18-8-7-16-29(31)33)34-24-28(22-23-36(34)42-37)41(27-14-5-2-6-15-27)35-20-11-19-32-30-17-9-10-21-38(30)43-40(32)35/h1-25H. The Morgan fingerprint density at radius 1 is 0.465 bits per heavy atom. The molecule has 0 fully saturated rings. The summed E-state index contributed by atoms with van der Waals surface area (Å²) in [7, 11) is 0. The highest BCUT2D eigenvalue weighted by Gasteiger charge is 2.20. The number of hydrogen-bond acceptors (Lipinski definition) is 3. The van der Waals surface area contributed by atoms with Crippen molar-refractivity contribution in [2.45, 2.75) is 0 Å². The first-order valence-corrected chi connectivity index (χ1v) is 15.3. The van der Waals surface area contributed by atoms with Crippen LogP contribution in [-0.4, -0.2) is 0 Å². The van der Waals surface area contributed by atoms with Gasteiger partial charge in [-0.1, -0.05) is 103 Å². The van der Waals surface area contributed by atoms with E-state index in [0.717, 1.165) is 33.3 Å². The number of anilines is 3. The van der Waals surface area contributed by atoms with Gasteiger partial charge in [0.15, 0.2) is 0 Å². The Hall–Kier alpha value is -5.38. The van der Waals surface area contributed by atoms with Crippen LogP contribution in [0.25, 0.3) is 64.0 Å². The summed E-state index contributed by atoms with van der Waals surface area (Å²) in [5.41, 5.74) is 7.57. The molecule has 0 saturated carbocycles.